The van der Waals surface area contributed by atoms with E-state index < -0.39 is 27.3 Å². The summed E-state index contributed by atoms with van der Waals surface area (Å²) < 4.78 is 27.6. The van der Waals surface area contributed by atoms with Gasteiger partial charge >= 0.3 is 5.97 Å². The number of unbranched alkanes of at least 4 members (excludes halogenated alkanes) is 1. The maximum absolute atomic E-state index is 13.5. The highest BCUT2D eigenvalue weighted by Crippen LogP contribution is 2.35. The van der Waals surface area contributed by atoms with Gasteiger partial charge in [0, 0.05) is 0 Å². The number of carboxylic acids is 1. The zero-order chi connectivity index (χ0) is 22.4. The molecule has 0 unspecified atom stereocenters. The van der Waals surface area contributed by atoms with E-state index in [4.69, 9.17) is 4.84 Å². The van der Waals surface area contributed by atoms with Crippen molar-refractivity contribution in [2.75, 3.05) is 11.1 Å². The Morgan fingerprint density at radius 3 is 2.32 bits per heavy atom. The zero-order valence-electron chi connectivity index (χ0n) is 16.9. The summed E-state index contributed by atoms with van der Waals surface area (Å²) in [6.07, 6.45) is 1.34. The van der Waals surface area contributed by atoms with E-state index in [1.54, 1.807) is 12.1 Å². The van der Waals surface area contributed by atoms with Crippen molar-refractivity contribution in [3.63, 3.8) is 0 Å². The van der Waals surface area contributed by atoms with Crippen molar-refractivity contribution in [2.24, 2.45) is 0 Å². The molecule has 0 bridgehead atoms. The standard InChI is InChI=1S/C23H23NO6S/c1-2-3-15-30-24(21-14-8-13-20(22(21)25)23(26)27)31(28,29)19-12-7-11-18(16-19)17-9-5-4-6-10-17/h4-14,16,25H,2-3,15H2,1H3,(H,26,27). The summed E-state index contributed by atoms with van der Waals surface area (Å²) in [5.41, 5.74) is 0.850. The van der Waals surface area contributed by atoms with Crippen LogP contribution in [-0.2, 0) is 14.9 Å². The lowest BCUT2D eigenvalue weighted by atomic mass is 10.1. The number of aromatic carboxylic acids is 1. The Morgan fingerprint density at radius 1 is 0.968 bits per heavy atom. The van der Waals surface area contributed by atoms with Crippen molar-refractivity contribution in [3.05, 3.63) is 78.4 Å². The van der Waals surface area contributed by atoms with E-state index in [0.29, 0.717) is 16.5 Å². The summed E-state index contributed by atoms with van der Waals surface area (Å²) in [6, 6.07) is 19.5. The number of phenols is 1. The molecule has 3 rings (SSSR count). The highest BCUT2D eigenvalue weighted by Gasteiger charge is 2.30. The third-order valence-electron chi connectivity index (χ3n) is 4.61. The van der Waals surface area contributed by atoms with Crippen LogP contribution in [0.3, 0.4) is 0 Å². The largest absolute Gasteiger partial charge is 0.505 e. The summed E-state index contributed by atoms with van der Waals surface area (Å²) >= 11 is 0. The first-order valence-corrected chi connectivity index (χ1v) is 11.2. The second-order valence-electron chi connectivity index (χ2n) is 6.79. The Kier molecular flexibility index (Phi) is 6.94. The molecule has 7 nitrogen and oxygen atoms in total. The molecular weight excluding hydrogens is 418 g/mol. The maximum atomic E-state index is 13.5. The van der Waals surface area contributed by atoms with Gasteiger partial charge in [-0.15, -0.1) is 4.47 Å². The van der Waals surface area contributed by atoms with Crippen LogP contribution in [0.1, 0.15) is 30.1 Å². The molecule has 2 N–H and O–H groups in total. The van der Waals surface area contributed by atoms with E-state index >= 15 is 0 Å². The fourth-order valence-corrected chi connectivity index (χ4v) is 4.31. The number of para-hydroxylation sites is 1. The second kappa shape index (κ2) is 9.63. The van der Waals surface area contributed by atoms with Gasteiger partial charge in [0.1, 0.15) is 11.3 Å². The topological polar surface area (TPSA) is 104 Å². The molecule has 31 heavy (non-hydrogen) atoms. The van der Waals surface area contributed by atoms with Crippen molar-refractivity contribution in [1.29, 1.82) is 0 Å². The van der Waals surface area contributed by atoms with Crippen molar-refractivity contribution >= 4 is 21.7 Å². The van der Waals surface area contributed by atoms with Gasteiger partial charge in [-0.05, 0) is 41.8 Å². The Bertz CT molecular complexity index is 1160. The number of nitrogens with zero attached hydrogens (tertiary/aromatic N) is 1. The van der Waals surface area contributed by atoms with Crippen LogP contribution < -0.4 is 4.47 Å². The van der Waals surface area contributed by atoms with Gasteiger partial charge in [0.25, 0.3) is 10.0 Å². The summed E-state index contributed by atoms with van der Waals surface area (Å²) in [5.74, 6) is -2.06. The van der Waals surface area contributed by atoms with E-state index in [0.717, 1.165) is 12.0 Å². The Labute approximate surface area is 181 Å². The van der Waals surface area contributed by atoms with Crippen LogP contribution in [0.5, 0.6) is 5.75 Å². The molecule has 0 atom stereocenters. The molecule has 0 aliphatic carbocycles. The lowest BCUT2D eigenvalue weighted by Gasteiger charge is -2.24. The highest BCUT2D eigenvalue weighted by molar-refractivity contribution is 7.92. The van der Waals surface area contributed by atoms with Crippen LogP contribution in [0, 0.1) is 0 Å². The van der Waals surface area contributed by atoms with E-state index in [1.807, 2.05) is 37.3 Å². The van der Waals surface area contributed by atoms with Gasteiger partial charge in [0.05, 0.1) is 11.5 Å². The monoisotopic (exact) mass is 441 g/mol. The number of carboxylic acid groups (broad SMARTS) is 1. The van der Waals surface area contributed by atoms with Crippen LogP contribution in [-0.4, -0.2) is 31.2 Å². The lowest BCUT2D eigenvalue weighted by Crippen LogP contribution is -2.32. The zero-order valence-corrected chi connectivity index (χ0v) is 17.7. The van der Waals surface area contributed by atoms with Gasteiger partial charge in [0.2, 0.25) is 0 Å². The molecule has 0 aliphatic rings. The number of benzene rings is 3. The van der Waals surface area contributed by atoms with Gasteiger partial charge in [-0.2, -0.15) is 8.42 Å². The first kappa shape index (κ1) is 22.3. The molecule has 0 aromatic heterocycles. The molecular formula is C23H23NO6S. The average molecular weight is 442 g/mol. The molecule has 0 saturated heterocycles. The third kappa shape index (κ3) is 4.87. The molecule has 0 heterocycles. The first-order chi connectivity index (χ1) is 14.9. The Hall–Kier alpha value is -3.36. The van der Waals surface area contributed by atoms with E-state index in [2.05, 4.69) is 0 Å². The molecule has 0 saturated carbocycles. The van der Waals surface area contributed by atoms with Crippen LogP contribution in [0.4, 0.5) is 5.69 Å². The van der Waals surface area contributed by atoms with Crippen LogP contribution in [0.15, 0.2) is 77.7 Å². The Morgan fingerprint density at radius 2 is 1.65 bits per heavy atom. The Balaban J connectivity index is 2.09. The van der Waals surface area contributed by atoms with Crippen LogP contribution in [0.25, 0.3) is 11.1 Å². The number of carbonyl (C=O) groups is 1. The molecule has 0 amide bonds. The van der Waals surface area contributed by atoms with Gasteiger partial charge in [0.15, 0.2) is 5.75 Å². The van der Waals surface area contributed by atoms with Crippen molar-refractivity contribution < 1.29 is 28.3 Å². The van der Waals surface area contributed by atoms with Gasteiger partial charge in [-0.25, -0.2) is 4.79 Å². The first-order valence-electron chi connectivity index (χ1n) is 9.75. The number of sulfonamides is 1. The van der Waals surface area contributed by atoms with Crippen LogP contribution in [0.2, 0.25) is 0 Å². The predicted molar refractivity (Wildman–Crippen MR) is 117 cm³/mol. The summed E-state index contributed by atoms with van der Waals surface area (Å²) in [4.78, 5) is 16.9. The van der Waals surface area contributed by atoms with Gasteiger partial charge in [-0.3, -0.25) is 4.84 Å². The number of anilines is 1. The molecule has 3 aromatic rings. The van der Waals surface area contributed by atoms with Crippen molar-refractivity contribution in [2.45, 2.75) is 24.7 Å². The molecule has 8 heteroatoms. The quantitative estimate of drug-likeness (QED) is 0.369. The number of hydrogen-bond donors (Lipinski definition) is 2. The fraction of sp³-hybridized carbons (Fsp3) is 0.174. The summed E-state index contributed by atoms with van der Waals surface area (Å²) in [7, 11) is -4.27. The minimum Gasteiger partial charge on any atom is -0.505 e. The summed E-state index contributed by atoms with van der Waals surface area (Å²) in [6.45, 7) is 2.00. The number of hydrogen-bond acceptors (Lipinski definition) is 5. The van der Waals surface area contributed by atoms with Gasteiger partial charge < -0.3 is 10.2 Å². The number of aromatic hydroxyl groups is 1. The summed E-state index contributed by atoms with van der Waals surface area (Å²) in [5, 5.41) is 19.8. The van der Waals surface area contributed by atoms with Gasteiger partial charge in [-0.1, -0.05) is 61.9 Å². The third-order valence-corrected chi connectivity index (χ3v) is 6.19. The SMILES string of the molecule is CCCCON(c1cccc(C(=O)O)c1O)S(=O)(=O)c1cccc(-c2ccccc2)c1. The molecule has 3 aromatic carbocycles. The van der Waals surface area contributed by atoms with Crippen molar-refractivity contribution in [1.82, 2.24) is 0 Å². The molecule has 0 aliphatic heterocycles. The number of rotatable bonds is 9. The predicted octanol–water partition coefficient (Wildman–Crippen LogP) is 4.68. The fourth-order valence-electron chi connectivity index (χ4n) is 2.97. The van der Waals surface area contributed by atoms with E-state index in [9.17, 15) is 23.4 Å². The normalized spacial score (nSPS) is 11.3. The van der Waals surface area contributed by atoms with Crippen molar-refractivity contribution in [3.8, 4) is 16.9 Å². The van der Waals surface area contributed by atoms with E-state index in [-0.39, 0.29) is 17.2 Å². The second-order valence-corrected chi connectivity index (χ2v) is 8.54. The molecule has 162 valence electrons. The van der Waals surface area contributed by atoms with Crippen LogP contribution >= 0.6 is 0 Å². The lowest BCUT2D eigenvalue weighted by molar-refractivity contribution is 0.0693. The van der Waals surface area contributed by atoms with E-state index in [1.165, 1.54) is 30.3 Å². The average Bonchev–Trinajstić information content (AvgIpc) is 2.78. The smallest absolute Gasteiger partial charge is 0.339 e. The minimum absolute atomic E-state index is 0.0505. The minimum atomic E-state index is -4.27. The highest BCUT2D eigenvalue weighted by atomic mass is 32.2. The maximum Gasteiger partial charge on any atom is 0.339 e. The molecule has 0 fully saturated rings. The molecule has 0 radical (unpaired) electrons. The molecule has 0 spiro atoms.